The zero-order valence-electron chi connectivity index (χ0n) is 75.0. The van der Waals surface area contributed by atoms with Crippen LogP contribution in [0.15, 0.2) is 60.7 Å². The fraction of sp³-hybridized carbons (Fsp3) is 0.856. The molecule has 1 aliphatic carbocycles. The van der Waals surface area contributed by atoms with Crippen LogP contribution in [0.4, 0.5) is 0 Å². The first kappa shape index (κ1) is 99.4. The van der Waals surface area contributed by atoms with E-state index >= 15 is 0 Å². The molecule has 1 amide bonds. The summed E-state index contributed by atoms with van der Waals surface area (Å²) in [6.07, 6.45) is 14.3. The van der Waals surface area contributed by atoms with E-state index in [1.807, 2.05) is 35.2 Å². The van der Waals surface area contributed by atoms with Gasteiger partial charge < -0.3 is 39.2 Å². The molecule has 2 aromatic rings. The molecular formula is C90H179N15O. The third-order valence-electron chi connectivity index (χ3n) is 23.4. The summed E-state index contributed by atoms with van der Waals surface area (Å²) in [5, 5.41) is 0. The molecule has 1 saturated carbocycles. The molecule has 11 rings (SSSR count). The summed E-state index contributed by atoms with van der Waals surface area (Å²) in [7, 11) is 6.34. The van der Waals surface area contributed by atoms with Gasteiger partial charge in [-0.25, -0.2) is 0 Å². The predicted octanol–water partition coefficient (Wildman–Crippen LogP) is 14.9. The highest BCUT2D eigenvalue weighted by atomic mass is 16.2. The van der Waals surface area contributed by atoms with Crippen LogP contribution in [-0.2, 0) is 6.54 Å². The molecule has 0 atom stereocenters. The Morgan fingerprint density at radius 3 is 0.906 bits per heavy atom. The largest absolute Gasteiger partial charge is 0.336 e. The van der Waals surface area contributed by atoms with Crippen molar-refractivity contribution in [3.05, 3.63) is 71.8 Å². The van der Waals surface area contributed by atoms with E-state index in [1.165, 1.54) is 233 Å². The monoisotopic (exact) mass is 1490 g/mol. The second kappa shape index (κ2) is 58.2. The number of piperazine rings is 5. The molecule has 0 aromatic heterocycles. The molecule has 2 aromatic carbocycles. The molecule has 0 N–H and O–H groups in total. The van der Waals surface area contributed by atoms with Crippen molar-refractivity contribution in [2.45, 2.75) is 296 Å². The number of hydrogen-bond acceptors (Lipinski definition) is 15. The van der Waals surface area contributed by atoms with Crippen molar-refractivity contribution in [2.24, 2.45) is 0 Å². The average molecular weight is 1490 g/mol. The van der Waals surface area contributed by atoms with E-state index in [-0.39, 0.29) is 5.91 Å². The molecule has 9 aliphatic rings. The van der Waals surface area contributed by atoms with E-state index in [2.05, 4.69) is 279 Å². The first-order valence-electron chi connectivity index (χ1n) is 44.0. The van der Waals surface area contributed by atoms with Gasteiger partial charge in [0.25, 0.3) is 5.91 Å². The lowest BCUT2D eigenvalue weighted by atomic mass is 10.1. The predicted molar refractivity (Wildman–Crippen MR) is 466 cm³/mol. The highest BCUT2D eigenvalue weighted by molar-refractivity contribution is 5.94. The van der Waals surface area contributed by atoms with E-state index in [0.717, 1.165) is 80.6 Å². The normalized spacial score (nSPS) is 20.6. The van der Waals surface area contributed by atoms with Gasteiger partial charge in [0.15, 0.2) is 0 Å². The van der Waals surface area contributed by atoms with Gasteiger partial charge >= 0.3 is 0 Å². The van der Waals surface area contributed by atoms with Crippen LogP contribution in [-0.4, -0.2) is 357 Å². The van der Waals surface area contributed by atoms with Gasteiger partial charge in [0, 0.05) is 209 Å². The highest BCUT2D eigenvalue weighted by Crippen LogP contribution is 2.28. The van der Waals surface area contributed by atoms with Crippen molar-refractivity contribution in [2.75, 3.05) is 211 Å². The van der Waals surface area contributed by atoms with Gasteiger partial charge in [0.2, 0.25) is 0 Å². The Morgan fingerprint density at radius 2 is 0.632 bits per heavy atom. The SMILES string of the molecule is CC(C)N(C)C.CC(C)N1CCCC1.CC(C)N1CCCCC1.CC(C)N1CCCCC1.CC(C)N1CCN(C(=O)c2ccccc2)CC1.CC(C)N1CCN(C)CC1.CC(C)N1CCN(C2CC2)CC1.CC(C)N1CCN(Cc2ccccc2)CC1.CCN(CC)C(C)C.CCN1CCN(C(C)C)CC1. The van der Waals surface area contributed by atoms with Gasteiger partial charge in [-0.2, -0.15) is 0 Å². The van der Waals surface area contributed by atoms with E-state index in [0.29, 0.717) is 24.2 Å². The number of piperidine rings is 2. The van der Waals surface area contributed by atoms with Crippen molar-refractivity contribution in [3.8, 4) is 0 Å². The molecule has 8 saturated heterocycles. The van der Waals surface area contributed by atoms with Crippen LogP contribution in [0.5, 0.6) is 0 Å². The van der Waals surface area contributed by atoms with Crippen LogP contribution in [0.1, 0.15) is 239 Å². The van der Waals surface area contributed by atoms with E-state index < -0.39 is 0 Å². The Kier molecular flexibility index (Phi) is 54.6. The van der Waals surface area contributed by atoms with Crippen molar-refractivity contribution in [1.82, 2.24) is 73.5 Å². The van der Waals surface area contributed by atoms with Gasteiger partial charge in [-0.15, -0.1) is 0 Å². The molecule has 8 aliphatic heterocycles. The molecule has 16 nitrogen and oxygen atoms in total. The van der Waals surface area contributed by atoms with Crippen molar-refractivity contribution < 1.29 is 4.79 Å². The first-order valence-corrected chi connectivity index (χ1v) is 44.0. The van der Waals surface area contributed by atoms with Gasteiger partial charge in [0.1, 0.15) is 0 Å². The zero-order valence-corrected chi connectivity index (χ0v) is 75.0. The summed E-state index contributed by atoms with van der Waals surface area (Å²) in [6, 6.07) is 28.5. The van der Waals surface area contributed by atoms with Gasteiger partial charge in [0.05, 0.1) is 0 Å². The Labute approximate surface area is 660 Å². The number of nitrogens with zero attached hydrogens (tertiary/aromatic N) is 15. The van der Waals surface area contributed by atoms with E-state index in [1.54, 1.807) is 0 Å². The third-order valence-corrected chi connectivity index (χ3v) is 23.4. The summed E-state index contributed by atoms with van der Waals surface area (Å²) in [5.41, 5.74) is 2.23. The molecule has 620 valence electrons. The number of hydrogen-bond donors (Lipinski definition) is 0. The fourth-order valence-electron chi connectivity index (χ4n) is 14.6. The lowest BCUT2D eigenvalue weighted by molar-refractivity contribution is 0.0595. The van der Waals surface area contributed by atoms with Crippen LogP contribution in [0.2, 0.25) is 0 Å². The van der Waals surface area contributed by atoms with Crippen LogP contribution in [0, 0.1) is 0 Å². The molecule has 0 unspecified atom stereocenters. The number of benzene rings is 2. The molecule has 9 fully saturated rings. The maximum absolute atomic E-state index is 12.2. The molecule has 8 heterocycles. The minimum atomic E-state index is 0.161. The number of amides is 1. The Balaban J connectivity index is 0.000000406. The number of carbonyl (C=O) groups excluding carboxylic acids is 1. The van der Waals surface area contributed by atoms with Crippen molar-refractivity contribution >= 4 is 5.91 Å². The summed E-state index contributed by atoms with van der Waals surface area (Å²) in [6.45, 7) is 88.1. The topological polar surface area (TPSA) is 65.7 Å². The standard InChI is InChI=1S/C14H20N2O.C14H22N2.C10H20N2.C9H20N2.C8H18N2.2C8H17N.C7H15N.C7H17N.C5H13N/c1-12(2)15-8-10-16(11-9-15)14(17)13-6-4-3-5-7-13;1-13(2)16-10-8-15(9-11-16)12-14-6-4-3-5-7-14;1-9(2)11-5-7-12(8-6-11)10-3-4-10;1-4-10-5-7-11(8-6-10)9(2)3;1-8(2)10-6-4-9(3)5-7-10;2*1-8(2)9-6-4-3-5-7-9;1-7(2)8-5-3-4-6-8;1-5-8(6-2)7(3)4;1-5(2)6(3)4/h3-7,12H,8-11H2,1-2H3;3-7,13H,8-12H2,1-2H3;9-10H,3-8H2,1-2H3;9H,4-8H2,1-3H3;8H,4-7H2,1-3H3;2*8H,3-7H2,1-2H3;7H,3-6H2,1-2H3;7H,5-6H2,1-4H3;5H,1-4H3. The fourth-order valence-corrected chi connectivity index (χ4v) is 14.6. The maximum Gasteiger partial charge on any atom is 0.253 e. The van der Waals surface area contributed by atoms with Crippen LogP contribution >= 0.6 is 0 Å². The number of likely N-dealkylation sites (tertiary alicyclic amines) is 3. The molecule has 106 heavy (non-hydrogen) atoms. The summed E-state index contributed by atoms with van der Waals surface area (Å²) in [5.74, 6) is 0.161. The number of likely N-dealkylation sites (N-methyl/N-ethyl adjacent to an activating group) is 2. The van der Waals surface area contributed by atoms with Crippen LogP contribution in [0.25, 0.3) is 0 Å². The number of rotatable bonds is 17. The van der Waals surface area contributed by atoms with Gasteiger partial charge in [-0.3, -0.25) is 39.1 Å². The summed E-state index contributed by atoms with van der Waals surface area (Å²) < 4.78 is 0. The van der Waals surface area contributed by atoms with Crippen molar-refractivity contribution in [3.63, 3.8) is 0 Å². The molecule has 0 bridgehead atoms. The van der Waals surface area contributed by atoms with Crippen LogP contribution < -0.4 is 0 Å². The summed E-state index contributed by atoms with van der Waals surface area (Å²) in [4.78, 5) is 49.1. The average Bonchev–Trinajstić information content (AvgIpc) is 1.60. The van der Waals surface area contributed by atoms with E-state index in [4.69, 9.17) is 0 Å². The Bertz CT molecular complexity index is 2250. The zero-order chi connectivity index (χ0) is 79.1. The minimum Gasteiger partial charge on any atom is -0.336 e. The first-order chi connectivity index (χ1) is 50.4. The maximum atomic E-state index is 12.2. The lowest BCUT2D eigenvalue weighted by Gasteiger charge is -2.37. The minimum absolute atomic E-state index is 0.161. The Morgan fingerprint density at radius 1 is 0.349 bits per heavy atom. The van der Waals surface area contributed by atoms with Crippen LogP contribution in [0.3, 0.4) is 0 Å². The van der Waals surface area contributed by atoms with Gasteiger partial charge in [-0.1, -0.05) is 82.1 Å². The van der Waals surface area contributed by atoms with Crippen molar-refractivity contribution in [1.29, 1.82) is 0 Å². The molecule has 16 heteroatoms. The molecular weight excluding hydrogens is 1310 g/mol. The second-order valence-electron chi connectivity index (χ2n) is 34.7. The smallest absolute Gasteiger partial charge is 0.253 e. The lowest BCUT2D eigenvalue weighted by Crippen LogP contribution is -2.50. The van der Waals surface area contributed by atoms with Gasteiger partial charge in [-0.05, 0) is 288 Å². The molecule has 0 radical (unpaired) electrons. The Hall–Kier alpha value is -2.65. The highest BCUT2D eigenvalue weighted by Gasteiger charge is 2.32. The summed E-state index contributed by atoms with van der Waals surface area (Å²) >= 11 is 0. The molecule has 0 spiro atoms. The quantitative estimate of drug-likeness (QED) is 0.151. The third kappa shape index (κ3) is 44.6. The number of carbonyl (C=O) groups is 1. The second-order valence-corrected chi connectivity index (χ2v) is 34.7. The van der Waals surface area contributed by atoms with E-state index in [9.17, 15) is 4.79 Å².